The molecule has 2 atom stereocenters. The summed E-state index contributed by atoms with van der Waals surface area (Å²) in [5.74, 6) is 0.348. The summed E-state index contributed by atoms with van der Waals surface area (Å²) in [6.45, 7) is 3.83. The molecule has 0 unspecified atom stereocenters. The zero-order valence-electron chi connectivity index (χ0n) is 13.2. The number of fused-ring (bicyclic) bond motifs is 1. The molecule has 1 amide bonds. The van der Waals surface area contributed by atoms with Crippen LogP contribution >= 0.6 is 11.3 Å². The van der Waals surface area contributed by atoms with E-state index in [9.17, 15) is 9.59 Å². The van der Waals surface area contributed by atoms with Gasteiger partial charge in [-0.3, -0.25) is 14.9 Å². The van der Waals surface area contributed by atoms with Crippen LogP contribution in [0.4, 0.5) is 5.95 Å². The second-order valence-electron chi connectivity index (χ2n) is 5.90. The summed E-state index contributed by atoms with van der Waals surface area (Å²) in [5.41, 5.74) is 1.31. The Balaban J connectivity index is 1.83. The van der Waals surface area contributed by atoms with E-state index >= 15 is 0 Å². The van der Waals surface area contributed by atoms with E-state index in [1.807, 2.05) is 25.3 Å². The van der Waals surface area contributed by atoms with Gasteiger partial charge in [0, 0.05) is 29.3 Å². The lowest BCUT2D eigenvalue weighted by Crippen LogP contribution is -2.24. The fraction of sp³-hybridized carbons (Fsp3) is 0.412. The van der Waals surface area contributed by atoms with E-state index in [0.29, 0.717) is 18.4 Å². The fourth-order valence-electron chi connectivity index (χ4n) is 2.65. The van der Waals surface area contributed by atoms with Crippen LogP contribution in [0.5, 0.6) is 0 Å². The van der Waals surface area contributed by atoms with E-state index in [-0.39, 0.29) is 29.5 Å². The normalized spacial score (nSPS) is 18.3. The van der Waals surface area contributed by atoms with Crippen LogP contribution in [0.3, 0.4) is 0 Å². The molecule has 1 aliphatic carbocycles. The number of hydrogen-bond acceptors (Lipinski definition) is 5. The standard InChI is InChI=1S/C17H19N3O2S/c1-3-10(2)16(22)20-17-18-9-12-13(19-17)7-11(8-14(12)21)15-5-4-6-23-15/h4-6,9-11H,3,7-8H2,1-2H3,(H,18,19,20,22)/t10-,11-/m1/s1. The molecule has 2 aromatic rings. The van der Waals surface area contributed by atoms with E-state index < -0.39 is 0 Å². The number of aromatic nitrogens is 2. The van der Waals surface area contributed by atoms with E-state index in [4.69, 9.17) is 0 Å². The molecule has 1 N–H and O–H groups in total. The van der Waals surface area contributed by atoms with Crippen molar-refractivity contribution in [1.29, 1.82) is 0 Å². The first-order chi connectivity index (χ1) is 11.1. The van der Waals surface area contributed by atoms with Crippen molar-refractivity contribution in [2.45, 2.75) is 39.0 Å². The average molecular weight is 329 g/mol. The summed E-state index contributed by atoms with van der Waals surface area (Å²) in [4.78, 5) is 34.0. The van der Waals surface area contributed by atoms with Crippen LogP contribution in [0, 0.1) is 5.92 Å². The van der Waals surface area contributed by atoms with Gasteiger partial charge < -0.3 is 0 Å². The Labute approximate surface area is 139 Å². The van der Waals surface area contributed by atoms with Crippen molar-refractivity contribution in [2.24, 2.45) is 5.92 Å². The monoisotopic (exact) mass is 329 g/mol. The molecular weight excluding hydrogens is 310 g/mol. The van der Waals surface area contributed by atoms with Gasteiger partial charge in [0.05, 0.1) is 11.3 Å². The van der Waals surface area contributed by atoms with Crippen molar-refractivity contribution in [3.8, 4) is 0 Å². The molecule has 23 heavy (non-hydrogen) atoms. The molecule has 0 aliphatic heterocycles. The molecule has 0 saturated heterocycles. The Bertz CT molecular complexity index is 727. The molecule has 2 aromatic heterocycles. The number of anilines is 1. The van der Waals surface area contributed by atoms with Crippen LogP contribution in [0.2, 0.25) is 0 Å². The first-order valence-electron chi connectivity index (χ1n) is 7.81. The van der Waals surface area contributed by atoms with Gasteiger partial charge in [0.1, 0.15) is 0 Å². The fourth-order valence-corrected chi connectivity index (χ4v) is 3.48. The SMILES string of the molecule is CC[C@@H](C)C(=O)Nc1ncc2c(n1)C[C@@H](c1cccs1)CC2=O. The third kappa shape index (κ3) is 3.32. The minimum Gasteiger partial charge on any atom is -0.294 e. The number of hydrogen-bond donors (Lipinski definition) is 1. The van der Waals surface area contributed by atoms with Crippen LogP contribution in [0.15, 0.2) is 23.7 Å². The lowest BCUT2D eigenvalue weighted by atomic mass is 9.86. The highest BCUT2D eigenvalue weighted by atomic mass is 32.1. The van der Waals surface area contributed by atoms with Gasteiger partial charge in [-0.15, -0.1) is 11.3 Å². The largest absolute Gasteiger partial charge is 0.294 e. The van der Waals surface area contributed by atoms with Crippen molar-refractivity contribution in [2.75, 3.05) is 5.32 Å². The molecule has 0 aromatic carbocycles. The maximum Gasteiger partial charge on any atom is 0.229 e. The van der Waals surface area contributed by atoms with E-state index in [1.165, 1.54) is 4.88 Å². The van der Waals surface area contributed by atoms with Crippen LogP contribution in [0.25, 0.3) is 0 Å². The Morgan fingerprint density at radius 3 is 3.00 bits per heavy atom. The Morgan fingerprint density at radius 1 is 1.48 bits per heavy atom. The molecule has 0 bridgehead atoms. The Hall–Kier alpha value is -2.08. The van der Waals surface area contributed by atoms with Gasteiger partial charge >= 0.3 is 0 Å². The number of carbonyl (C=O) groups is 2. The number of thiophene rings is 1. The Kier molecular flexibility index (Phi) is 4.52. The highest BCUT2D eigenvalue weighted by Crippen LogP contribution is 2.34. The van der Waals surface area contributed by atoms with Crippen molar-refractivity contribution in [3.63, 3.8) is 0 Å². The van der Waals surface area contributed by atoms with Gasteiger partial charge in [-0.25, -0.2) is 9.97 Å². The molecular formula is C17H19N3O2S. The number of rotatable bonds is 4. The molecule has 0 saturated carbocycles. The predicted octanol–water partition coefficient (Wildman–Crippen LogP) is 3.44. The van der Waals surface area contributed by atoms with Gasteiger partial charge in [-0.2, -0.15) is 0 Å². The molecule has 0 radical (unpaired) electrons. The highest BCUT2D eigenvalue weighted by Gasteiger charge is 2.28. The molecule has 0 spiro atoms. The number of amides is 1. The topological polar surface area (TPSA) is 72.0 Å². The zero-order chi connectivity index (χ0) is 16.4. The quantitative estimate of drug-likeness (QED) is 0.932. The summed E-state index contributed by atoms with van der Waals surface area (Å²) < 4.78 is 0. The third-order valence-corrected chi connectivity index (χ3v) is 5.31. The van der Waals surface area contributed by atoms with E-state index in [1.54, 1.807) is 17.5 Å². The summed E-state index contributed by atoms with van der Waals surface area (Å²) in [6.07, 6.45) is 3.50. The number of Topliss-reactive ketones (excluding diaryl/α,β-unsaturated/α-hetero) is 1. The van der Waals surface area contributed by atoms with Crippen molar-refractivity contribution in [1.82, 2.24) is 9.97 Å². The second kappa shape index (κ2) is 6.58. The summed E-state index contributed by atoms with van der Waals surface area (Å²) in [7, 11) is 0. The van der Waals surface area contributed by atoms with Gasteiger partial charge in [0.2, 0.25) is 11.9 Å². The van der Waals surface area contributed by atoms with Crippen LogP contribution < -0.4 is 5.32 Å². The lowest BCUT2D eigenvalue weighted by Gasteiger charge is -2.22. The second-order valence-corrected chi connectivity index (χ2v) is 6.88. The molecule has 1 aliphatic rings. The number of carbonyl (C=O) groups excluding carboxylic acids is 2. The number of nitrogens with zero attached hydrogens (tertiary/aromatic N) is 2. The van der Waals surface area contributed by atoms with Gasteiger partial charge in [0.15, 0.2) is 5.78 Å². The molecule has 6 heteroatoms. The van der Waals surface area contributed by atoms with Crippen molar-refractivity contribution >= 4 is 29.0 Å². The highest BCUT2D eigenvalue weighted by molar-refractivity contribution is 7.10. The van der Waals surface area contributed by atoms with Crippen molar-refractivity contribution < 1.29 is 9.59 Å². The van der Waals surface area contributed by atoms with Gasteiger partial charge in [-0.05, 0) is 24.3 Å². The molecule has 120 valence electrons. The molecule has 0 fully saturated rings. The minimum absolute atomic E-state index is 0.0736. The smallest absolute Gasteiger partial charge is 0.229 e. The van der Waals surface area contributed by atoms with Crippen LogP contribution in [0.1, 0.15) is 53.5 Å². The zero-order valence-corrected chi connectivity index (χ0v) is 14.0. The predicted molar refractivity (Wildman–Crippen MR) is 89.8 cm³/mol. The number of ketones is 1. The van der Waals surface area contributed by atoms with Gasteiger partial charge in [-0.1, -0.05) is 19.9 Å². The third-order valence-electron chi connectivity index (χ3n) is 4.28. The van der Waals surface area contributed by atoms with E-state index in [2.05, 4.69) is 21.4 Å². The maximum atomic E-state index is 12.3. The number of nitrogens with one attached hydrogen (secondary N) is 1. The summed E-state index contributed by atoms with van der Waals surface area (Å²) in [5, 5.41) is 4.76. The van der Waals surface area contributed by atoms with E-state index in [0.717, 1.165) is 12.1 Å². The summed E-state index contributed by atoms with van der Waals surface area (Å²) in [6, 6.07) is 4.05. The van der Waals surface area contributed by atoms with Crippen molar-refractivity contribution in [3.05, 3.63) is 39.8 Å². The van der Waals surface area contributed by atoms with Crippen LogP contribution in [-0.2, 0) is 11.2 Å². The minimum atomic E-state index is -0.0932. The molecule has 5 nitrogen and oxygen atoms in total. The maximum absolute atomic E-state index is 12.3. The van der Waals surface area contributed by atoms with Crippen LogP contribution in [-0.4, -0.2) is 21.7 Å². The Morgan fingerprint density at radius 2 is 2.30 bits per heavy atom. The van der Waals surface area contributed by atoms with Gasteiger partial charge in [0.25, 0.3) is 0 Å². The average Bonchev–Trinajstić information content (AvgIpc) is 3.08. The first-order valence-corrected chi connectivity index (χ1v) is 8.69. The lowest BCUT2D eigenvalue weighted by molar-refractivity contribution is -0.119. The summed E-state index contributed by atoms with van der Waals surface area (Å²) >= 11 is 1.66. The molecule has 2 heterocycles. The first kappa shape index (κ1) is 15.8. The molecule has 3 rings (SSSR count).